The van der Waals surface area contributed by atoms with Crippen LogP contribution in [0.15, 0.2) is 48.5 Å². The van der Waals surface area contributed by atoms with Crippen LogP contribution >= 0.6 is 0 Å². The number of hydrogen-bond acceptors (Lipinski definition) is 1. The predicted octanol–water partition coefficient (Wildman–Crippen LogP) is 6.94. The monoisotopic (exact) mass is 456 g/mol. The fraction of sp³-hybridized carbons (Fsp3) is 0.417. The Morgan fingerprint density at radius 2 is 1.56 bits per heavy atom. The average Bonchev–Trinajstić information content (AvgIpc) is 2.71. The molecular weight excluding hydrogens is 432 g/mol. The molecule has 1 saturated heterocycles. The van der Waals surface area contributed by atoms with Crippen molar-refractivity contribution in [3.05, 3.63) is 72.1 Å². The van der Waals surface area contributed by atoms with Gasteiger partial charge in [-0.3, -0.25) is 4.79 Å². The van der Waals surface area contributed by atoms with Gasteiger partial charge in [0.2, 0.25) is 5.91 Å². The van der Waals surface area contributed by atoms with Crippen LogP contribution in [0, 0.1) is 18.3 Å². The minimum absolute atomic E-state index is 0.122. The Morgan fingerprint density at radius 1 is 0.969 bits per heavy atom. The molecule has 0 radical (unpaired) electrons. The first-order valence-corrected chi connectivity index (χ1v) is 10.3. The molecule has 2 aromatic carbocycles. The molecule has 32 heavy (non-hydrogen) atoms. The number of aryl methyl sites for hydroxylation is 1. The van der Waals surface area contributed by atoms with Crippen molar-refractivity contribution in [1.29, 1.82) is 0 Å². The van der Waals surface area contributed by atoms with Gasteiger partial charge in [-0.2, -0.15) is 26.3 Å². The summed E-state index contributed by atoms with van der Waals surface area (Å²) in [6, 6.07) is 9.83. The summed E-state index contributed by atoms with van der Waals surface area (Å²) in [6.07, 6.45) is -7.37. The van der Waals surface area contributed by atoms with Crippen LogP contribution in [0.4, 0.5) is 32.0 Å². The molecule has 2 nitrogen and oxygen atoms in total. The zero-order chi connectivity index (χ0) is 23.7. The van der Waals surface area contributed by atoms with Crippen LogP contribution in [0.2, 0.25) is 0 Å². The summed E-state index contributed by atoms with van der Waals surface area (Å²) in [5.74, 6) is -0.405. The lowest BCUT2D eigenvalue weighted by atomic mass is 9.70. The molecule has 1 aliphatic heterocycles. The van der Waals surface area contributed by atoms with Crippen molar-refractivity contribution in [3.8, 4) is 0 Å². The highest BCUT2D eigenvalue weighted by atomic mass is 19.4. The summed E-state index contributed by atoms with van der Waals surface area (Å²) < 4.78 is 77.8. The van der Waals surface area contributed by atoms with Gasteiger partial charge < -0.3 is 4.90 Å². The number of hydrogen-bond donors (Lipinski definition) is 0. The number of alkyl halides is 6. The summed E-state index contributed by atoms with van der Waals surface area (Å²) in [6.45, 7) is 6.35. The van der Waals surface area contributed by atoms with E-state index < -0.39 is 28.9 Å². The van der Waals surface area contributed by atoms with E-state index in [4.69, 9.17) is 0 Å². The number of rotatable bonds is 5. The van der Waals surface area contributed by atoms with Gasteiger partial charge in [-0.15, -0.1) is 0 Å². The van der Waals surface area contributed by atoms with Gasteiger partial charge in [0.05, 0.1) is 18.1 Å². The van der Waals surface area contributed by atoms with Gasteiger partial charge in [0.25, 0.3) is 0 Å². The van der Waals surface area contributed by atoms with Crippen molar-refractivity contribution in [2.45, 2.75) is 45.0 Å². The number of piperidine rings is 1. The molecule has 1 aliphatic rings. The molecule has 1 amide bonds. The van der Waals surface area contributed by atoms with Crippen molar-refractivity contribution in [1.82, 2.24) is 0 Å². The molecule has 2 atom stereocenters. The number of amides is 1. The largest absolute Gasteiger partial charge is 0.416 e. The average molecular weight is 456 g/mol. The van der Waals surface area contributed by atoms with Gasteiger partial charge in [0.1, 0.15) is 5.41 Å². The van der Waals surface area contributed by atoms with Crippen LogP contribution in [-0.2, 0) is 23.6 Å². The van der Waals surface area contributed by atoms with E-state index in [1.54, 1.807) is 6.07 Å². The Kier molecular flexibility index (Phi) is 6.54. The number of halogens is 6. The minimum Gasteiger partial charge on any atom is -0.312 e. The van der Waals surface area contributed by atoms with Gasteiger partial charge in [-0.05, 0) is 56.0 Å². The first-order chi connectivity index (χ1) is 14.8. The number of carbonyl (C=O) groups is 1. The van der Waals surface area contributed by atoms with Gasteiger partial charge in [0.15, 0.2) is 0 Å². The van der Waals surface area contributed by atoms with Crippen LogP contribution in [0.1, 0.15) is 42.9 Å². The molecule has 1 heterocycles. The Hall–Kier alpha value is -2.64. The molecule has 2 aromatic rings. The maximum atomic E-state index is 13.0. The van der Waals surface area contributed by atoms with Crippen LogP contribution in [0.3, 0.4) is 0 Å². The van der Waals surface area contributed by atoms with Crippen LogP contribution in [0.5, 0.6) is 0 Å². The zero-order valence-electron chi connectivity index (χ0n) is 17.6. The minimum atomic E-state index is -4.49. The molecule has 172 valence electrons. The summed E-state index contributed by atoms with van der Waals surface area (Å²) in [4.78, 5) is 14.1. The van der Waals surface area contributed by atoms with Crippen molar-refractivity contribution in [3.63, 3.8) is 0 Å². The topological polar surface area (TPSA) is 20.3 Å². The molecule has 0 bridgehead atoms. The lowest BCUT2D eigenvalue weighted by Crippen LogP contribution is -2.43. The Labute approximate surface area is 183 Å². The van der Waals surface area contributed by atoms with Gasteiger partial charge in [-0.1, -0.05) is 24.3 Å². The normalized spacial score (nSPS) is 19.7. The maximum absolute atomic E-state index is 13.0. The number of nitrogens with zero attached hydrogens (tertiary/aromatic N) is 1. The van der Waals surface area contributed by atoms with Crippen molar-refractivity contribution in [2.24, 2.45) is 11.3 Å². The van der Waals surface area contributed by atoms with E-state index in [1.807, 2.05) is 6.92 Å². The third kappa shape index (κ3) is 5.58. The van der Waals surface area contributed by atoms with E-state index in [1.165, 1.54) is 23.1 Å². The molecule has 0 spiro atoms. The van der Waals surface area contributed by atoms with Crippen LogP contribution < -0.4 is 4.90 Å². The fourth-order valence-corrected chi connectivity index (χ4v) is 4.09. The number of anilines is 1. The fourth-order valence-electron chi connectivity index (χ4n) is 4.09. The Balaban J connectivity index is 1.65. The summed E-state index contributed by atoms with van der Waals surface area (Å²) in [7, 11) is 0. The van der Waals surface area contributed by atoms with Gasteiger partial charge in [-0.25, -0.2) is 0 Å². The SMILES string of the molecule is [CH2+]C(C)(CCc1cccc(C(F)(F)F)c1)C1CCN(c2cccc(C(F)(F)F)c2)C(=O)C1. The molecule has 3 rings (SSSR count). The van der Waals surface area contributed by atoms with E-state index in [9.17, 15) is 31.1 Å². The van der Waals surface area contributed by atoms with E-state index in [-0.39, 0.29) is 30.5 Å². The van der Waals surface area contributed by atoms with Crippen LogP contribution in [0.25, 0.3) is 0 Å². The molecule has 1 fully saturated rings. The molecule has 0 aliphatic carbocycles. The number of carbonyl (C=O) groups excluding carboxylic acids is 1. The summed E-state index contributed by atoms with van der Waals surface area (Å²) >= 11 is 0. The molecular formula is C24H24F6NO+. The predicted molar refractivity (Wildman–Crippen MR) is 110 cm³/mol. The van der Waals surface area contributed by atoms with Gasteiger partial charge >= 0.3 is 12.4 Å². The molecule has 8 heteroatoms. The van der Waals surface area contributed by atoms with E-state index >= 15 is 0 Å². The number of benzene rings is 2. The van der Waals surface area contributed by atoms with Crippen molar-refractivity contribution >= 4 is 11.6 Å². The first-order valence-electron chi connectivity index (χ1n) is 10.3. The lowest BCUT2D eigenvalue weighted by Gasteiger charge is -2.37. The smallest absolute Gasteiger partial charge is 0.312 e. The maximum Gasteiger partial charge on any atom is 0.416 e. The van der Waals surface area contributed by atoms with E-state index in [2.05, 4.69) is 6.92 Å². The highest BCUT2D eigenvalue weighted by Gasteiger charge is 2.41. The quantitative estimate of drug-likeness (QED) is 0.353. The summed E-state index contributed by atoms with van der Waals surface area (Å²) in [5.41, 5.74) is -1.33. The van der Waals surface area contributed by atoms with E-state index in [0.717, 1.165) is 24.3 Å². The lowest BCUT2D eigenvalue weighted by molar-refractivity contribution is -0.138. The third-order valence-corrected chi connectivity index (χ3v) is 6.13. The second-order valence-corrected chi connectivity index (χ2v) is 8.64. The first kappa shape index (κ1) is 24.0. The molecule has 2 unspecified atom stereocenters. The highest BCUT2D eigenvalue weighted by molar-refractivity contribution is 5.94. The zero-order valence-corrected chi connectivity index (χ0v) is 17.6. The van der Waals surface area contributed by atoms with Gasteiger partial charge in [0, 0.05) is 24.6 Å². The van der Waals surface area contributed by atoms with Crippen molar-refractivity contribution < 1.29 is 31.1 Å². The van der Waals surface area contributed by atoms with Crippen molar-refractivity contribution in [2.75, 3.05) is 11.4 Å². The third-order valence-electron chi connectivity index (χ3n) is 6.13. The summed E-state index contributed by atoms with van der Waals surface area (Å²) in [5, 5.41) is 0. The van der Waals surface area contributed by atoms with Crippen LogP contribution in [-0.4, -0.2) is 12.5 Å². The molecule has 0 N–H and O–H groups in total. The Morgan fingerprint density at radius 3 is 2.16 bits per heavy atom. The standard InChI is InChI=1S/C24H24F6NO/c1-22(2,11-9-16-5-3-6-18(13-16)23(25,26)27)17-10-12-31(21(32)15-17)20-8-4-7-19(14-20)24(28,29)30/h3-8,13-14,17H,1,9-12,15H2,2H3/q+1. The Bertz CT molecular complexity index is 963. The molecule has 0 saturated carbocycles. The van der Waals surface area contributed by atoms with E-state index in [0.29, 0.717) is 24.8 Å². The second kappa shape index (κ2) is 8.71. The highest BCUT2D eigenvalue weighted by Crippen LogP contribution is 2.41. The second-order valence-electron chi connectivity index (χ2n) is 8.64. The molecule has 0 aromatic heterocycles.